The molecule has 0 bridgehead atoms. The van der Waals surface area contributed by atoms with Gasteiger partial charge < -0.3 is 10.4 Å². The zero-order chi connectivity index (χ0) is 13.7. The smallest absolute Gasteiger partial charge is 0.327 e. The number of terminal acetylenes is 1. The summed E-state index contributed by atoms with van der Waals surface area (Å²) >= 11 is 5.60. The Kier molecular flexibility index (Phi) is 4.63. The molecule has 0 aliphatic rings. The predicted octanol–water partition coefficient (Wildman–Crippen LogP) is 1.08. The maximum absolute atomic E-state index is 12.9. The molecule has 0 saturated carbocycles. The first-order valence-electron chi connectivity index (χ1n) is 4.74. The third-order valence-electron chi connectivity index (χ3n) is 1.98. The van der Waals surface area contributed by atoms with Gasteiger partial charge in [-0.05, 0) is 6.07 Å². The monoisotopic (exact) mass is 270 g/mol. The minimum atomic E-state index is -1.29. The lowest BCUT2D eigenvalue weighted by atomic mass is 10.2. The van der Waals surface area contributed by atoms with Crippen LogP contribution in [0.15, 0.2) is 12.3 Å². The van der Waals surface area contributed by atoms with Gasteiger partial charge in [0, 0.05) is 6.42 Å². The first-order valence-corrected chi connectivity index (χ1v) is 5.11. The second-order valence-electron chi connectivity index (χ2n) is 3.26. The molecule has 1 heterocycles. The van der Waals surface area contributed by atoms with Gasteiger partial charge in [-0.2, -0.15) is 0 Å². The fourth-order valence-corrected chi connectivity index (χ4v) is 1.32. The summed E-state index contributed by atoms with van der Waals surface area (Å²) in [5, 5.41) is 10.7. The second-order valence-corrected chi connectivity index (χ2v) is 3.62. The van der Waals surface area contributed by atoms with Crippen molar-refractivity contribution in [2.75, 3.05) is 0 Å². The zero-order valence-electron chi connectivity index (χ0n) is 8.98. The average Bonchev–Trinajstić information content (AvgIpc) is 2.31. The average molecular weight is 271 g/mol. The van der Waals surface area contributed by atoms with Crippen molar-refractivity contribution in [2.45, 2.75) is 12.5 Å². The summed E-state index contributed by atoms with van der Waals surface area (Å²) in [7, 11) is 0. The van der Waals surface area contributed by atoms with Crippen LogP contribution in [0.1, 0.15) is 16.8 Å². The van der Waals surface area contributed by atoms with Crippen LogP contribution in [0.3, 0.4) is 0 Å². The van der Waals surface area contributed by atoms with E-state index in [0.717, 1.165) is 12.3 Å². The van der Waals surface area contributed by atoms with Crippen molar-refractivity contribution in [3.8, 4) is 12.3 Å². The van der Waals surface area contributed by atoms with Crippen molar-refractivity contribution >= 4 is 23.5 Å². The molecule has 1 amide bonds. The number of carboxylic acid groups (broad SMARTS) is 1. The molecule has 1 aromatic rings. The number of nitrogens with zero attached hydrogens (tertiary/aromatic N) is 1. The summed E-state index contributed by atoms with van der Waals surface area (Å²) in [5.74, 6) is -0.785. The van der Waals surface area contributed by atoms with Crippen LogP contribution in [-0.2, 0) is 4.79 Å². The lowest BCUT2D eigenvalue weighted by molar-refractivity contribution is -0.139. The molecule has 7 heteroatoms. The number of hydrogen-bond donors (Lipinski definition) is 2. The van der Waals surface area contributed by atoms with Crippen LogP contribution in [0.4, 0.5) is 4.39 Å². The molecule has 0 aliphatic heterocycles. The third kappa shape index (κ3) is 3.43. The summed E-state index contributed by atoms with van der Waals surface area (Å²) in [6.07, 6.45) is 5.62. The van der Waals surface area contributed by atoms with E-state index >= 15 is 0 Å². The maximum Gasteiger partial charge on any atom is 0.327 e. The molecule has 0 aromatic carbocycles. The fourth-order valence-electron chi connectivity index (χ4n) is 1.14. The summed E-state index contributed by atoms with van der Waals surface area (Å²) in [6.45, 7) is 0. The molecule has 1 atom stereocenters. The van der Waals surface area contributed by atoms with Crippen molar-refractivity contribution in [2.24, 2.45) is 0 Å². The maximum atomic E-state index is 12.9. The molecular formula is C11H8ClFN2O3. The molecule has 0 aliphatic carbocycles. The molecule has 0 spiro atoms. The first-order chi connectivity index (χ1) is 8.45. The molecule has 0 fully saturated rings. The van der Waals surface area contributed by atoms with Crippen LogP contribution in [0.25, 0.3) is 0 Å². The number of aromatic nitrogens is 1. The number of hydrogen-bond acceptors (Lipinski definition) is 3. The zero-order valence-corrected chi connectivity index (χ0v) is 9.74. The Labute approximate surface area is 107 Å². The number of carbonyl (C=O) groups is 2. The highest BCUT2D eigenvalue weighted by Crippen LogP contribution is 2.13. The third-order valence-corrected chi connectivity index (χ3v) is 2.28. The molecule has 1 aromatic heterocycles. The number of carbonyl (C=O) groups excluding carboxylic acids is 1. The standard InChI is InChI=1S/C11H8ClFN2O3/c1-2-3-8(11(17)18)15-10(16)7-4-6(13)5-14-9(7)12/h1,4-5,8H,3H2,(H,15,16)(H,17,18). The van der Waals surface area contributed by atoms with Gasteiger partial charge in [0.15, 0.2) is 0 Å². The van der Waals surface area contributed by atoms with Gasteiger partial charge in [0.05, 0.1) is 11.8 Å². The van der Waals surface area contributed by atoms with Gasteiger partial charge in [0.25, 0.3) is 5.91 Å². The Morgan fingerprint density at radius 2 is 2.33 bits per heavy atom. The van der Waals surface area contributed by atoms with Gasteiger partial charge >= 0.3 is 5.97 Å². The highest BCUT2D eigenvalue weighted by molar-refractivity contribution is 6.32. The number of nitrogens with one attached hydrogen (secondary N) is 1. The van der Waals surface area contributed by atoms with E-state index in [2.05, 4.69) is 16.2 Å². The van der Waals surface area contributed by atoms with Crippen LogP contribution in [0, 0.1) is 18.2 Å². The van der Waals surface area contributed by atoms with Gasteiger partial charge in [-0.3, -0.25) is 4.79 Å². The number of pyridine rings is 1. The topological polar surface area (TPSA) is 79.3 Å². The van der Waals surface area contributed by atoms with E-state index in [-0.39, 0.29) is 17.1 Å². The van der Waals surface area contributed by atoms with Crippen LogP contribution >= 0.6 is 11.6 Å². The van der Waals surface area contributed by atoms with Gasteiger partial charge in [0.2, 0.25) is 0 Å². The van der Waals surface area contributed by atoms with E-state index in [4.69, 9.17) is 23.1 Å². The Balaban J connectivity index is 2.91. The first kappa shape index (κ1) is 13.9. The fraction of sp³-hybridized carbons (Fsp3) is 0.182. The van der Waals surface area contributed by atoms with E-state index < -0.39 is 23.7 Å². The minimum Gasteiger partial charge on any atom is -0.480 e. The molecule has 94 valence electrons. The SMILES string of the molecule is C#CCC(NC(=O)c1cc(F)cnc1Cl)C(=O)O. The molecule has 1 unspecified atom stereocenters. The van der Waals surface area contributed by atoms with Crippen molar-refractivity contribution in [1.29, 1.82) is 0 Å². The van der Waals surface area contributed by atoms with Crippen LogP contribution < -0.4 is 5.32 Å². The second kappa shape index (κ2) is 5.98. The number of halogens is 2. The number of amides is 1. The van der Waals surface area contributed by atoms with Crippen LogP contribution in [-0.4, -0.2) is 28.0 Å². The molecule has 2 N–H and O–H groups in total. The molecular weight excluding hydrogens is 263 g/mol. The lowest BCUT2D eigenvalue weighted by Crippen LogP contribution is -2.40. The summed E-state index contributed by atoms with van der Waals surface area (Å²) in [5.41, 5.74) is -0.250. The highest BCUT2D eigenvalue weighted by Gasteiger charge is 2.21. The Morgan fingerprint density at radius 3 is 2.89 bits per heavy atom. The largest absolute Gasteiger partial charge is 0.480 e. The van der Waals surface area contributed by atoms with Gasteiger partial charge in [-0.25, -0.2) is 14.2 Å². The van der Waals surface area contributed by atoms with E-state index in [1.807, 2.05) is 0 Å². The van der Waals surface area contributed by atoms with E-state index in [9.17, 15) is 14.0 Å². The van der Waals surface area contributed by atoms with Crippen molar-refractivity contribution in [1.82, 2.24) is 10.3 Å². The molecule has 1 rings (SSSR count). The van der Waals surface area contributed by atoms with Gasteiger partial charge in [-0.1, -0.05) is 11.6 Å². The van der Waals surface area contributed by atoms with E-state index in [1.165, 1.54) is 0 Å². The predicted molar refractivity (Wildman–Crippen MR) is 61.5 cm³/mol. The highest BCUT2D eigenvalue weighted by atomic mass is 35.5. The summed E-state index contributed by atoms with van der Waals surface area (Å²) in [6, 6.07) is -0.402. The summed E-state index contributed by atoms with van der Waals surface area (Å²) < 4.78 is 12.9. The number of rotatable bonds is 4. The molecule has 0 saturated heterocycles. The minimum absolute atomic E-state index is 0.193. The van der Waals surface area contributed by atoms with Crippen molar-refractivity contribution in [3.63, 3.8) is 0 Å². The Morgan fingerprint density at radius 1 is 1.67 bits per heavy atom. The Bertz CT molecular complexity index is 528. The lowest BCUT2D eigenvalue weighted by Gasteiger charge is -2.12. The quantitative estimate of drug-likeness (QED) is 0.634. The molecule has 0 radical (unpaired) electrons. The summed E-state index contributed by atoms with van der Waals surface area (Å²) in [4.78, 5) is 25.9. The van der Waals surface area contributed by atoms with Crippen LogP contribution in [0.2, 0.25) is 5.15 Å². The van der Waals surface area contributed by atoms with Crippen molar-refractivity contribution < 1.29 is 19.1 Å². The van der Waals surface area contributed by atoms with Crippen molar-refractivity contribution in [3.05, 3.63) is 28.8 Å². The Hall–Kier alpha value is -2.13. The van der Waals surface area contributed by atoms with Gasteiger partial charge in [0.1, 0.15) is 17.0 Å². The van der Waals surface area contributed by atoms with E-state index in [1.54, 1.807) is 0 Å². The van der Waals surface area contributed by atoms with Crippen LogP contribution in [0.5, 0.6) is 0 Å². The molecule has 5 nitrogen and oxygen atoms in total. The number of carboxylic acids is 1. The number of aliphatic carboxylic acids is 1. The normalized spacial score (nSPS) is 11.4. The molecule has 18 heavy (non-hydrogen) atoms. The van der Waals surface area contributed by atoms with E-state index in [0.29, 0.717) is 0 Å². The van der Waals surface area contributed by atoms with Gasteiger partial charge in [-0.15, -0.1) is 12.3 Å².